The van der Waals surface area contributed by atoms with E-state index in [2.05, 4.69) is 21.2 Å². The molecule has 0 spiro atoms. The van der Waals surface area contributed by atoms with Crippen molar-refractivity contribution in [2.24, 2.45) is 0 Å². The Morgan fingerprint density at radius 2 is 1.47 bits per heavy atom. The van der Waals surface area contributed by atoms with Crippen molar-refractivity contribution in [2.75, 3.05) is 28.4 Å². The fraction of sp³-hybridized carbons (Fsp3) is 0.360. The topological polar surface area (TPSA) is 103 Å². The second-order valence-corrected chi connectivity index (χ2v) is 9.09. The van der Waals surface area contributed by atoms with Crippen molar-refractivity contribution in [3.8, 4) is 28.7 Å². The molecule has 2 unspecified atom stereocenters. The number of hydrogen-bond acceptors (Lipinski definition) is 7. The first-order valence-corrected chi connectivity index (χ1v) is 11.5. The summed E-state index contributed by atoms with van der Waals surface area (Å²) in [5.74, 6) is 0.954. The molecule has 0 radical (unpaired) electrons. The van der Waals surface area contributed by atoms with Crippen LogP contribution in [0.1, 0.15) is 42.2 Å². The predicted octanol–water partition coefficient (Wildman–Crippen LogP) is 4.19. The van der Waals surface area contributed by atoms with Crippen LogP contribution >= 0.6 is 15.9 Å². The number of aromatic hydroxyl groups is 1. The highest BCUT2D eigenvalue weighted by Gasteiger charge is 2.39. The van der Waals surface area contributed by atoms with Crippen LogP contribution in [0.5, 0.6) is 28.7 Å². The highest BCUT2D eigenvalue weighted by molar-refractivity contribution is 9.10. The number of phenolic OH excluding ortho intramolecular Hbond substituents is 1. The maximum atomic E-state index is 13.5. The molecule has 180 valence electrons. The number of phenols is 1. The van der Waals surface area contributed by atoms with Crippen molar-refractivity contribution in [3.05, 3.63) is 51.1 Å². The van der Waals surface area contributed by atoms with Gasteiger partial charge in [0.1, 0.15) is 0 Å². The highest BCUT2D eigenvalue weighted by Crippen LogP contribution is 2.47. The fourth-order valence-corrected chi connectivity index (χ4v) is 5.23. The zero-order valence-electron chi connectivity index (χ0n) is 19.4. The number of carbonyl (C=O) groups is 2. The normalized spacial score (nSPS) is 19.9. The molecule has 2 N–H and O–H groups in total. The Morgan fingerprint density at radius 1 is 0.853 bits per heavy atom. The zero-order chi connectivity index (χ0) is 24.6. The van der Waals surface area contributed by atoms with Gasteiger partial charge in [-0.2, -0.15) is 0 Å². The zero-order valence-corrected chi connectivity index (χ0v) is 20.9. The van der Waals surface area contributed by atoms with E-state index in [9.17, 15) is 14.7 Å². The minimum Gasteiger partial charge on any atom is -0.503 e. The maximum absolute atomic E-state index is 13.5. The molecule has 2 aliphatic rings. The molecular weight excluding hydrogens is 506 g/mol. The third kappa shape index (κ3) is 4.20. The summed E-state index contributed by atoms with van der Waals surface area (Å²) in [7, 11) is 6.08. The molecule has 1 heterocycles. The van der Waals surface area contributed by atoms with Crippen LogP contribution in [0.15, 0.2) is 40.0 Å². The molecule has 1 aliphatic heterocycles. The Kier molecular flexibility index (Phi) is 6.74. The standard InChI is InChI=1S/C25H26BrNO7/c1-31-19-10-14(5-16(26)24(19)30)15-11-22(29)27-17-6-12(7-18(28)23(15)17)13-8-20(32-2)25(34-4)21(9-13)33-3/h5,8-10,12,15,30H,6-7,11H2,1-4H3,(H,27,29). The number of hydrogen-bond donors (Lipinski definition) is 2. The molecule has 0 saturated heterocycles. The molecule has 1 aliphatic carbocycles. The van der Waals surface area contributed by atoms with Crippen LogP contribution in [0.4, 0.5) is 0 Å². The van der Waals surface area contributed by atoms with E-state index in [4.69, 9.17) is 18.9 Å². The average molecular weight is 532 g/mol. The first-order chi connectivity index (χ1) is 16.3. The summed E-state index contributed by atoms with van der Waals surface area (Å²) >= 11 is 3.34. The van der Waals surface area contributed by atoms with Crippen LogP contribution < -0.4 is 24.3 Å². The van der Waals surface area contributed by atoms with E-state index < -0.39 is 5.92 Å². The van der Waals surface area contributed by atoms with Crippen LogP contribution in [-0.4, -0.2) is 45.2 Å². The molecule has 0 aromatic heterocycles. The van der Waals surface area contributed by atoms with Gasteiger partial charge in [-0.3, -0.25) is 9.59 Å². The summed E-state index contributed by atoms with van der Waals surface area (Å²) < 4.78 is 22.1. The first-order valence-electron chi connectivity index (χ1n) is 10.7. The molecule has 8 nitrogen and oxygen atoms in total. The Labute approximate surface area is 206 Å². The lowest BCUT2D eigenvalue weighted by molar-refractivity contribution is -0.122. The SMILES string of the molecule is COc1cc(C2CC(=O)NC3=C2C(=O)CC(c2cc(OC)c(OC)c(OC)c2)C3)cc(Br)c1O. The Bertz CT molecular complexity index is 1170. The second-order valence-electron chi connectivity index (χ2n) is 8.24. The quantitative estimate of drug-likeness (QED) is 0.575. The minimum atomic E-state index is -0.428. The highest BCUT2D eigenvalue weighted by atomic mass is 79.9. The molecule has 0 bridgehead atoms. The largest absolute Gasteiger partial charge is 0.503 e. The number of benzene rings is 2. The summed E-state index contributed by atoms with van der Waals surface area (Å²) in [5.41, 5.74) is 2.81. The second kappa shape index (κ2) is 9.58. The monoisotopic (exact) mass is 531 g/mol. The van der Waals surface area contributed by atoms with Gasteiger partial charge >= 0.3 is 0 Å². The number of methoxy groups -OCH3 is 4. The molecule has 0 saturated carbocycles. The van der Waals surface area contributed by atoms with E-state index in [1.54, 1.807) is 26.4 Å². The van der Waals surface area contributed by atoms with Gasteiger partial charge in [0, 0.05) is 30.0 Å². The van der Waals surface area contributed by atoms with Gasteiger partial charge in [-0.25, -0.2) is 0 Å². The number of rotatable bonds is 6. The number of halogens is 1. The lowest BCUT2D eigenvalue weighted by Crippen LogP contribution is -2.38. The van der Waals surface area contributed by atoms with Crippen LogP contribution in [-0.2, 0) is 9.59 Å². The number of ketones is 1. The number of Topliss-reactive ketones (excluding diaryl/α,β-unsaturated/α-hetero) is 1. The van der Waals surface area contributed by atoms with Crippen LogP contribution in [0, 0.1) is 0 Å². The molecule has 4 rings (SSSR count). The van der Waals surface area contributed by atoms with Gasteiger partial charge in [0.25, 0.3) is 0 Å². The van der Waals surface area contributed by atoms with Gasteiger partial charge in [0.2, 0.25) is 11.7 Å². The van der Waals surface area contributed by atoms with E-state index in [-0.39, 0.29) is 41.9 Å². The van der Waals surface area contributed by atoms with E-state index in [0.29, 0.717) is 39.4 Å². The molecule has 0 fully saturated rings. The molecule has 2 atom stereocenters. The summed E-state index contributed by atoms with van der Waals surface area (Å²) in [6.45, 7) is 0. The van der Waals surface area contributed by atoms with Crippen molar-refractivity contribution >= 4 is 27.6 Å². The van der Waals surface area contributed by atoms with E-state index in [0.717, 1.165) is 11.1 Å². The van der Waals surface area contributed by atoms with Crippen molar-refractivity contribution < 1.29 is 33.6 Å². The number of amides is 1. The van der Waals surface area contributed by atoms with Gasteiger partial charge in [-0.1, -0.05) is 0 Å². The van der Waals surface area contributed by atoms with Crippen molar-refractivity contribution in [2.45, 2.75) is 31.1 Å². The number of ether oxygens (including phenoxy) is 4. The number of allylic oxidation sites excluding steroid dienone is 2. The summed E-state index contributed by atoms with van der Waals surface area (Å²) in [5, 5.41) is 13.1. The summed E-state index contributed by atoms with van der Waals surface area (Å²) in [6.07, 6.45) is 0.901. The third-order valence-electron chi connectivity index (χ3n) is 6.37. The van der Waals surface area contributed by atoms with Gasteiger partial charge < -0.3 is 29.4 Å². The first kappa shape index (κ1) is 23.9. The Balaban J connectivity index is 1.75. The molecule has 2 aromatic carbocycles. The average Bonchev–Trinajstić information content (AvgIpc) is 2.83. The van der Waals surface area contributed by atoms with Crippen molar-refractivity contribution in [3.63, 3.8) is 0 Å². The number of nitrogens with one attached hydrogen (secondary N) is 1. The molecule has 9 heteroatoms. The fourth-order valence-electron chi connectivity index (χ4n) is 4.77. The molecule has 2 aromatic rings. The van der Waals surface area contributed by atoms with E-state index >= 15 is 0 Å². The van der Waals surface area contributed by atoms with Crippen molar-refractivity contribution in [1.82, 2.24) is 5.32 Å². The van der Waals surface area contributed by atoms with Crippen LogP contribution in [0.25, 0.3) is 0 Å². The van der Waals surface area contributed by atoms with Crippen LogP contribution in [0.2, 0.25) is 0 Å². The van der Waals surface area contributed by atoms with Gasteiger partial charge in [-0.05, 0) is 63.7 Å². The molecule has 34 heavy (non-hydrogen) atoms. The maximum Gasteiger partial charge on any atom is 0.225 e. The van der Waals surface area contributed by atoms with E-state index in [1.807, 2.05) is 12.1 Å². The predicted molar refractivity (Wildman–Crippen MR) is 128 cm³/mol. The summed E-state index contributed by atoms with van der Waals surface area (Å²) in [6, 6.07) is 7.08. The Morgan fingerprint density at radius 3 is 2.06 bits per heavy atom. The summed E-state index contributed by atoms with van der Waals surface area (Å²) in [4.78, 5) is 26.1. The van der Waals surface area contributed by atoms with E-state index in [1.165, 1.54) is 14.2 Å². The van der Waals surface area contributed by atoms with Gasteiger partial charge in [-0.15, -0.1) is 0 Å². The van der Waals surface area contributed by atoms with Gasteiger partial charge in [0.15, 0.2) is 28.8 Å². The van der Waals surface area contributed by atoms with Crippen molar-refractivity contribution in [1.29, 1.82) is 0 Å². The third-order valence-corrected chi connectivity index (χ3v) is 6.97. The van der Waals surface area contributed by atoms with Gasteiger partial charge in [0.05, 0.1) is 32.9 Å². The van der Waals surface area contributed by atoms with Crippen LogP contribution in [0.3, 0.4) is 0 Å². The molecule has 1 amide bonds. The lowest BCUT2D eigenvalue weighted by atomic mass is 9.73. The molecular formula is C25H26BrNO7. The number of carbonyl (C=O) groups excluding carboxylic acids is 2. The Hall–Kier alpha value is -3.20. The lowest BCUT2D eigenvalue weighted by Gasteiger charge is -2.35. The minimum absolute atomic E-state index is 0.0295. The smallest absolute Gasteiger partial charge is 0.225 e.